The molecule has 2 aromatic rings. The SMILES string of the molecule is C=CC(=O)N(C)C.CC(=Nc1c(C(C)C)cccc1C(C)C)C(C)=Nc1c(C(C)C)cccc1C(C)C.F[B-](F)(F)F.[CH3-].[Pt+2]. The molecule has 0 bridgehead atoms. The van der Waals surface area contributed by atoms with E-state index in [-0.39, 0.29) is 34.4 Å². The zero-order chi connectivity index (χ0) is 32.9. The van der Waals surface area contributed by atoms with Gasteiger partial charge in [0.1, 0.15) is 0 Å². The largest absolute Gasteiger partial charge is 2.00 e. The van der Waals surface area contributed by atoms with Crippen LogP contribution in [0, 0.1) is 7.43 Å². The van der Waals surface area contributed by atoms with Crippen molar-refractivity contribution < 1.29 is 43.1 Å². The fourth-order valence-electron chi connectivity index (χ4n) is 3.96. The fourth-order valence-corrected chi connectivity index (χ4v) is 3.96. The first kappa shape index (κ1) is 45.9. The Morgan fingerprint density at radius 1 is 0.705 bits per heavy atom. The van der Waals surface area contributed by atoms with Gasteiger partial charge in [-0.05, 0) is 65.8 Å². The number of para-hydroxylation sites is 2. The Kier molecular flexibility index (Phi) is 22.2. The Hall–Kier alpha value is -2.54. The molecular formula is C34H52BF4N3OPt. The Balaban J connectivity index is -0.00000102. The van der Waals surface area contributed by atoms with E-state index in [1.54, 1.807) is 14.1 Å². The topological polar surface area (TPSA) is 45.0 Å². The third-order valence-electron chi connectivity index (χ3n) is 6.38. The summed E-state index contributed by atoms with van der Waals surface area (Å²) in [4.78, 5) is 22.0. The van der Waals surface area contributed by atoms with Crippen LogP contribution in [0.1, 0.15) is 115 Å². The number of hydrogen-bond acceptors (Lipinski definition) is 3. The summed E-state index contributed by atoms with van der Waals surface area (Å²) >= 11 is 0. The summed E-state index contributed by atoms with van der Waals surface area (Å²) in [6.45, 7) is 25.4. The van der Waals surface area contributed by atoms with Crippen molar-refractivity contribution in [3.63, 3.8) is 0 Å². The van der Waals surface area contributed by atoms with Gasteiger partial charge in [-0.15, -0.1) is 0 Å². The van der Waals surface area contributed by atoms with Gasteiger partial charge in [0.2, 0.25) is 5.91 Å². The molecule has 0 fully saturated rings. The summed E-state index contributed by atoms with van der Waals surface area (Å²) in [5.41, 5.74) is 9.43. The number of rotatable bonds is 8. The maximum absolute atomic E-state index is 10.3. The number of benzene rings is 2. The summed E-state index contributed by atoms with van der Waals surface area (Å²) in [6.07, 6.45) is 1.28. The number of carbonyl (C=O) groups excluding carboxylic acids is 1. The second-order valence-electron chi connectivity index (χ2n) is 11.5. The molecule has 0 aliphatic carbocycles. The number of nitrogens with zero attached hydrogens (tertiary/aromatic N) is 3. The number of aliphatic imine (C=N–C) groups is 2. The second kappa shape index (κ2) is 21.2. The predicted octanol–water partition coefficient (Wildman–Crippen LogP) is 11.1. The maximum atomic E-state index is 10.3. The third kappa shape index (κ3) is 16.5. The zero-order valence-electron chi connectivity index (χ0n) is 28.7. The first-order valence-corrected chi connectivity index (χ1v) is 14.3. The molecule has 0 aliphatic rings. The van der Waals surface area contributed by atoms with Crippen LogP contribution in [0.4, 0.5) is 28.6 Å². The molecule has 0 radical (unpaired) electrons. The normalized spacial score (nSPS) is 11.6. The standard InChI is InChI=1S/C28H40N2.C5H9NO.CH3.BF4.Pt/c1-17(2)23-13-11-14-24(18(3)4)27(23)29-21(9)22(10)30-28-25(19(5)6)15-12-16-26(28)20(7)8;1-4-5(7)6(2)3;;2-1(3,4)5;/h11-20H,1-10H3;4H,1H2,2-3H3;1H3;;/q;;2*-1;+2. The molecule has 250 valence electrons. The summed E-state index contributed by atoms with van der Waals surface area (Å²) in [7, 11) is -2.63. The summed E-state index contributed by atoms with van der Waals surface area (Å²) in [6, 6.07) is 13.2. The zero-order valence-corrected chi connectivity index (χ0v) is 31.0. The van der Waals surface area contributed by atoms with Crippen molar-refractivity contribution in [2.45, 2.75) is 92.9 Å². The number of hydrogen-bond donors (Lipinski definition) is 0. The van der Waals surface area contributed by atoms with E-state index in [2.05, 4.69) is 112 Å². The molecule has 0 heterocycles. The fraction of sp³-hybridized carbons (Fsp3) is 0.471. The first-order valence-electron chi connectivity index (χ1n) is 14.3. The van der Waals surface area contributed by atoms with E-state index >= 15 is 0 Å². The van der Waals surface area contributed by atoms with Crippen molar-refractivity contribution in [1.82, 2.24) is 4.90 Å². The molecule has 0 saturated heterocycles. The van der Waals surface area contributed by atoms with Crippen molar-refractivity contribution in [1.29, 1.82) is 0 Å². The average molecular weight is 801 g/mol. The van der Waals surface area contributed by atoms with Crippen molar-refractivity contribution in [2.75, 3.05) is 14.1 Å². The van der Waals surface area contributed by atoms with Crippen molar-refractivity contribution in [2.24, 2.45) is 9.98 Å². The van der Waals surface area contributed by atoms with Crippen LogP contribution in [0.3, 0.4) is 0 Å². The van der Waals surface area contributed by atoms with E-state index in [0.717, 1.165) is 22.8 Å². The van der Waals surface area contributed by atoms with E-state index in [0.29, 0.717) is 23.7 Å². The Morgan fingerprint density at radius 3 is 1.07 bits per heavy atom. The third-order valence-corrected chi connectivity index (χ3v) is 6.38. The van der Waals surface area contributed by atoms with E-state index in [1.807, 2.05) is 0 Å². The minimum absolute atomic E-state index is 0. The molecular weight excluding hydrogens is 748 g/mol. The Morgan fingerprint density at radius 2 is 0.932 bits per heavy atom. The van der Waals surface area contributed by atoms with Gasteiger partial charge in [0.05, 0.1) is 22.8 Å². The smallest absolute Gasteiger partial charge is 0.418 e. The molecule has 0 aromatic heterocycles. The predicted molar refractivity (Wildman–Crippen MR) is 180 cm³/mol. The molecule has 0 spiro atoms. The molecule has 10 heteroatoms. The van der Waals surface area contributed by atoms with Gasteiger partial charge in [-0.2, -0.15) is 0 Å². The van der Waals surface area contributed by atoms with Crippen molar-refractivity contribution in [3.8, 4) is 0 Å². The van der Waals surface area contributed by atoms with Crippen LogP contribution < -0.4 is 0 Å². The number of likely N-dealkylation sites (N-methyl/N-ethyl adjacent to an activating group) is 1. The van der Waals surface area contributed by atoms with Gasteiger partial charge in [-0.3, -0.25) is 14.8 Å². The Bertz CT molecular complexity index is 1100. The van der Waals surface area contributed by atoms with Gasteiger partial charge in [0.15, 0.2) is 0 Å². The molecule has 0 saturated carbocycles. The minimum Gasteiger partial charge on any atom is -0.418 e. The van der Waals surface area contributed by atoms with E-state index < -0.39 is 7.25 Å². The van der Waals surface area contributed by atoms with Crippen LogP contribution in [-0.2, 0) is 25.9 Å². The average Bonchev–Trinajstić information content (AvgIpc) is 2.86. The van der Waals surface area contributed by atoms with Gasteiger partial charge in [0.25, 0.3) is 0 Å². The van der Waals surface area contributed by atoms with Gasteiger partial charge in [-0.1, -0.05) is 98.4 Å². The van der Waals surface area contributed by atoms with Crippen molar-refractivity contribution in [3.05, 3.63) is 78.7 Å². The van der Waals surface area contributed by atoms with Crippen LogP contribution in [-0.4, -0.2) is 43.6 Å². The maximum Gasteiger partial charge on any atom is 2.00 e. The molecule has 1 amide bonds. The van der Waals surface area contributed by atoms with Crippen LogP contribution in [0.25, 0.3) is 0 Å². The molecule has 0 unspecified atom stereocenters. The number of halogens is 4. The second-order valence-corrected chi connectivity index (χ2v) is 11.5. The molecule has 4 nitrogen and oxygen atoms in total. The molecule has 0 N–H and O–H groups in total. The van der Waals surface area contributed by atoms with Gasteiger partial charge < -0.3 is 29.6 Å². The first-order chi connectivity index (χ1) is 19.2. The van der Waals surface area contributed by atoms with E-state index in [4.69, 9.17) is 9.98 Å². The van der Waals surface area contributed by atoms with Crippen LogP contribution in [0.2, 0.25) is 0 Å². The monoisotopic (exact) mass is 800 g/mol. The molecule has 0 atom stereocenters. The summed E-state index contributed by atoms with van der Waals surface area (Å²) < 4.78 is 39.0. The van der Waals surface area contributed by atoms with Crippen LogP contribution in [0.5, 0.6) is 0 Å². The van der Waals surface area contributed by atoms with Crippen molar-refractivity contribution >= 4 is 36.0 Å². The number of carbonyl (C=O) groups is 1. The quantitative estimate of drug-likeness (QED) is 0.0862. The number of amides is 1. The minimum atomic E-state index is -6.00. The summed E-state index contributed by atoms with van der Waals surface area (Å²) in [5.74, 6) is 1.67. The van der Waals surface area contributed by atoms with Crippen LogP contribution in [0.15, 0.2) is 59.0 Å². The van der Waals surface area contributed by atoms with Crippen LogP contribution >= 0.6 is 0 Å². The Labute approximate surface area is 278 Å². The molecule has 2 aromatic carbocycles. The summed E-state index contributed by atoms with van der Waals surface area (Å²) in [5, 5.41) is 0. The van der Waals surface area contributed by atoms with E-state index in [9.17, 15) is 22.1 Å². The van der Waals surface area contributed by atoms with Gasteiger partial charge in [-0.25, -0.2) is 0 Å². The molecule has 44 heavy (non-hydrogen) atoms. The molecule has 0 aliphatic heterocycles. The van der Waals surface area contributed by atoms with Gasteiger partial charge in [0, 0.05) is 14.1 Å². The molecule has 2 rings (SSSR count). The van der Waals surface area contributed by atoms with Gasteiger partial charge >= 0.3 is 28.3 Å². The van der Waals surface area contributed by atoms with E-state index in [1.165, 1.54) is 33.2 Å².